The Kier molecular flexibility index (Phi) is 4.28. The van der Waals surface area contributed by atoms with Crippen molar-refractivity contribution in [2.75, 3.05) is 20.6 Å². The molecule has 0 aromatic rings. The molecule has 0 aliphatic rings. The Hall–Kier alpha value is -0.370. The molecule has 0 N–H and O–H groups in total. The van der Waals surface area contributed by atoms with E-state index in [0.29, 0.717) is 12.2 Å². The first-order chi connectivity index (χ1) is 4.57. The lowest BCUT2D eigenvalue weighted by Crippen LogP contribution is -2.25. The van der Waals surface area contributed by atoms with Crippen LogP contribution in [0, 0.1) is 5.92 Å². The first-order valence-corrected chi connectivity index (χ1v) is 3.75. The Morgan fingerprint density at radius 2 is 2.00 bits per heavy atom. The third-order valence-corrected chi connectivity index (χ3v) is 1.54. The largest absolute Gasteiger partial charge is 0.309 e. The second kappa shape index (κ2) is 4.45. The van der Waals surface area contributed by atoms with Crippen LogP contribution in [0.2, 0.25) is 0 Å². The van der Waals surface area contributed by atoms with Gasteiger partial charge in [-0.25, -0.2) is 0 Å². The van der Waals surface area contributed by atoms with Crippen molar-refractivity contribution in [3.8, 4) is 0 Å². The first-order valence-electron chi connectivity index (χ1n) is 3.75. The van der Waals surface area contributed by atoms with Crippen molar-refractivity contribution in [1.82, 2.24) is 4.90 Å². The highest BCUT2D eigenvalue weighted by Crippen LogP contribution is 2.00. The van der Waals surface area contributed by atoms with Crippen LogP contribution in [0.1, 0.15) is 20.3 Å². The topological polar surface area (TPSA) is 20.3 Å². The van der Waals surface area contributed by atoms with Gasteiger partial charge in [0.1, 0.15) is 5.78 Å². The molecular formula is C8H17NO. The van der Waals surface area contributed by atoms with Crippen LogP contribution >= 0.6 is 0 Å². The summed E-state index contributed by atoms with van der Waals surface area (Å²) in [5.74, 6) is 0.550. The molecule has 0 aliphatic heterocycles. The van der Waals surface area contributed by atoms with E-state index in [0.717, 1.165) is 6.54 Å². The van der Waals surface area contributed by atoms with Crippen LogP contribution in [-0.4, -0.2) is 31.3 Å². The van der Waals surface area contributed by atoms with Crippen LogP contribution in [0.25, 0.3) is 0 Å². The minimum atomic E-state index is 0.194. The molecule has 0 amide bonds. The number of nitrogens with zero attached hydrogens (tertiary/aromatic N) is 1. The smallest absolute Gasteiger partial charge is 0.136 e. The monoisotopic (exact) mass is 143 g/mol. The van der Waals surface area contributed by atoms with Crippen LogP contribution in [0.3, 0.4) is 0 Å². The molecule has 0 unspecified atom stereocenters. The minimum absolute atomic E-state index is 0.194. The van der Waals surface area contributed by atoms with Crippen molar-refractivity contribution in [3.05, 3.63) is 0 Å². The number of hydrogen-bond donors (Lipinski definition) is 0. The molecule has 0 bridgehead atoms. The van der Waals surface area contributed by atoms with E-state index in [4.69, 9.17) is 0 Å². The molecule has 0 aliphatic carbocycles. The highest BCUT2D eigenvalue weighted by atomic mass is 16.1. The van der Waals surface area contributed by atoms with Gasteiger partial charge in [0.2, 0.25) is 0 Å². The highest BCUT2D eigenvalue weighted by Gasteiger charge is 2.10. The van der Waals surface area contributed by atoms with Gasteiger partial charge in [0.25, 0.3) is 0 Å². The quantitative estimate of drug-likeness (QED) is 0.588. The maximum atomic E-state index is 11.0. The van der Waals surface area contributed by atoms with Crippen LogP contribution in [0.15, 0.2) is 0 Å². The molecule has 2 heteroatoms. The zero-order valence-electron chi connectivity index (χ0n) is 7.35. The minimum Gasteiger partial charge on any atom is -0.309 e. The molecule has 0 saturated carbocycles. The molecule has 0 fully saturated rings. The predicted octanol–water partition coefficient (Wildman–Crippen LogP) is 1.16. The number of rotatable bonds is 4. The van der Waals surface area contributed by atoms with Crippen LogP contribution in [-0.2, 0) is 4.79 Å². The van der Waals surface area contributed by atoms with E-state index in [9.17, 15) is 4.79 Å². The number of carbonyl (C=O) groups excluding carboxylic acids is 1. The molecule has 0 radical (unpaired) electrons. The fourth-order valence-electron chi connectivity index (χ4n) is 0.998. The molecule has 0 spiro atoms. The summed E-state index contributed by atoms with van der Waals surface area (Å²) in [6.45, 7) is 4.76. The number of hydrogen-bond acceptors (Lipinski definition) is 2. The van der Waals surface area contributed by atoms with E-state index >= 15 is 0 Å². The normalized spacial score (nSPS) is 13.7. The van der Waals surface area contributed by atoms with E-state index < -0.39 is 0 Å². The van der Waals surface area contributed by atoms with Gasteiger partial charge < -0.3 is 4.90 Å². The lowest BCUT2D eigenvalue weighted by Gasteiger charge is -2.14. The summed E-state index contributed by atoms with van der Waals surface area (Å²) in [5.41, 5.74) is 0. The predicted molar refractivity (Wildman–Crippen MR) is 43.0 cm³/mol. The average Bonchev–Trinajstić information content (AvgIpc) is 1.85. The fraction of sp³-hybridized carbons (Fsp3) is 0.875. The summed E-state index contributed by atoms with van der Waals surface area (Å²) in [5, 5.41) is 0. The summed E-state index contributed by atoms with van der Waals surface area (Å²) in [6, 6.07) is 0. The molecule has 1 atom stereocenters. The van der Waals surface area contributed by atoms with Crippen molar-refractivity contribution in [2.24, 2.45) is 5.92 Å². The van der Waals surface area contributed by atoms with Gasteiger partial charge >= 0.3 is 0 Å². The van der Waals surface area contributed by atoms with Gasteiger partial charge in [-0.05, 0) is 14.1 Å². The van der Waals surface area contributed by atoms with Gasteiger partial charge in [0, 0.05) is 18.9 Å². The molecule has 0 rings (SSSR count). The second-order valence-electron chi connectivity index (χ2n) is 2.98. The summed E-state index contributed by atoms with van der Waals surface area (Å²) >= 11 is 0. The Bertz CT molecular complexity index is 110. The van der Waals surface area contributed by atoms with Crippen molar-refractivity contribution in [3.63, 3.8) is 0 Å². The van der Waals surface area contributed by atoms with Crippen LogP contribution < -0.4 is 0 Å². The van der Waals surface area contributed by atoms with E-state index in [2.05, 4.69) is 0 Å². The molecule has 0 saturated heterocycles. The highest BCUT2D eigenvalue weighted by molar-refractivity contribution is 5.80. The molecule has 0 heterocycles. The maximum absolute atomic E-state index is 11.0. The molecule has 0 aromatic carbocycles. The van der Waals surface area contributed by atoms with E-state index in [-0.39, 0.29) is 5.92 Å². The van der Waals surface area contributed by atoms with E-state index in [1.54, 1.807) is 0 Å². The van der Waals surface area contributed by atoms with Gasteiger partial charge in [-0.2, -0.15) is 0 Å². The van der Waals surface area contributed by atoms with Gasteiger partial charge in [-0.15, -0.1) is 0 Å². The second-order valence-corrected chi connectivity index (χ2v) is 2.98. The van der Waals surface area contributed by atoms with Crippen molar-refractivity contribution >= 4 is 5.78 Å². The third kappa shape index (κ3) is 3.62. The summed E-state index contributed by atoms with van der Waals surface area (Å²) < 4.78 is 0. The first kappa shape index (κ1) is 9.63. The standard InChI is InChI=1S/C8H17NO/c1-5-8(10)7(2)6-9(3)4/h7H,5-6H2,1-4H3/t7-/m1/s1. The molecule has 2 nitrogen and oxygen atoms in total. The van der Waals surface area contributed by atoms with Crippen molar-refractivity contribution < 1.29 is 4.79 Å². The van der Waals surface area contributed by atoms with Gasteiger partial charge in [0.05, 0.1) is 0 Å². The molecule has 10 heavy (non-hydrogen) atoms. The summed E-state index contributed by atoms with van der Waals surface area (Å²) in [7, 11) is 3.97. The molecule has 0 aromatic heterocycles. The average molecular weight is 143 g/mol. The zero-order valence-corrected chi connectivity index (χ0v) is 7.35. The van der Waals surface area contributed by atoms with Crippen LogP contribution in [0.5, 0.6) is 0 Å². The lowest BCUT2D eigenvalue weighted by molar-refractivity contribution is -0.122. The third-order valence-electron chi connectivity index (χ3n) is 1.54. The SMILES string of the molecule is CCC(=O)[C@H](C)CN(C)C. The van der Waals surface area contributed by atoms with Gasteiger partial charge in [-0.1, -0.05) is 13.8 Å². The summed E-state index contributed by atoms with van der Waals surface area (Å²) in [4.78, 5) is 13.1. The van der Waals surface area contributed by atoms with Crippen molar-refractivity contribution in [2.45, 2.75) is 20.3 Å². The van der Waals surface area contributed by atoms with E-state index in [1.165, 1.54) is 0 Å². The maximum Gasteiger partial charge on any atom is 0.136 e. The Morgan fingerprint density at radius 3 is 2.30 bits per heavy atom. The zero-order chi connectivity index (χ0) is 8.15. The van der Waals surface area contributed by atoms with Crippen LogP contribution in [0.4, 0.5) is 0 Å². The Morgan fingerprint density at radius 1 is 1.50 bits per heavy atom. The summed E-state index contributed by atoms with van der Waals surface area (Å²) in [6.07, 6.45) is 0.662. The number of Topliss-reactive ketones (excluding diaryl/α,β-unsaturated/α-hetero) is 1. The van der Waals surface area contributed by atoms with E-state index in [1.807, 2.05) is 32.8 Å². The van der Waals surface area contributed by atoms with Gasteiger partial charge in [0.15, 0.2) is 0 Å². The van der Waals surface area contributed by atoms with Gasteiger partial charge in [-0.3, -0.25) is 4.79 Å². The fourth-order valence-corrected chi connectivity index (χ4v) is 0.998. The Balaban J connectivity index is 3.61. The molecular weight excluding hydrogens is 126 g/mol. The lowest BCUT2D eigenvalue weighted by atomic mass is 10.0. The van der Waals surface area contributed by atoms with Crippen molar-refractivity contribution in [1.29, 1.82) is 0 Å². The number of ketones is 1. The number of carbonyl (C=O) groups is 1. The Labute approximate surface area is 63.2 Å². The molecule has 60 valence electrons.